The number of nitrogens with zero attached hydrogens (tertiary/aromatic N) is 1. The molecule has 70 valence electrons. The topological polar surface area (TPSA) is 30.0 Å². The number of thiol groups is 1. The van der Waals surface area contributed by atoms with E-state index in [1.165, 1.54) is 11.3 Å². The van der Waals surface area contributed by atoms with E-state index in [0.717, 1.165) is 16.9 Å². The summed E-state index contributed by atoms with van der Waals surface area (Å²) in [6.45, 7) is 0. The van der Waals surface area contributed by atoms with Gasteiger partial charge in [0.15, 0.2) is 6.29 Å². The summed E-state index contributed by atoms with van der Waals surface area (Å²) < 4.78 is 0.666. The van der Waals surface area contributed by atoms with Crippen LogP contribution >= 0.6 is 24.0 Å². The first-order valence-corrected chi connectivity index (χ1v) is 5.28. The summed E-state index contributed by atoms with van der Waals surface area (Å²) in [6.07, 6.45) is 0.727. The van der Waals surface area contributed by atoms with E-state index in [-0.39, 0.29) is 0 Å². The second kappa shape index (κ2) is 3.94. The van der Waals surface area contributed by atoms with Gasteiger partial charge in [-0.15, -0.1) is 24.0 Å². The molecule has 0 atom stereocenters. The highest BCUT2D eigenvalue weighted by Gasteiger charge is 2.08. The zero-order valence-electron chi connectivity index (χ0n) is 7.18. The van der Waals surface area contributed by atoms with Crippen LogP contribution in [0.4, 0.5) is 0 Å². The molecule has 0 saturated carbocycles. The number of rotatable bonds is 2. The number of thiazole rings is 1. The summed E-state index contributed by atoms with van der Waals surface area (Å²) in [5.41, 5.74) is 1.43. The molecule has 0 unspecified atom stereocenters. The van der Waals surface area contributed by atoms with Crippen molar-refractivity contribution in [2.75, 3.05) is 0 Å². The highest BCUT2D eigenvalue weighted by atomic mass is 32.2. The molecule has 1 aromatic heterocycles. The first-order chi connectivity index (χ1) is 6.81. The fourth-order valence-corrected chi connectivity index (χ4v) is 2.25. The lowest BCUT2D eigenvalue weighted by Crippen LogP contribution is -1.80. The van der Waals surface area contributed by atoms with E-state index in [0.29, 0.717) is 9.90 Å². The van der Waals surface area contributed by atoms with Gasteiger partial charge in [0.1, 0.15) is 10.7 Å². The third kappa shape index (κ3) is 1.71. The Bertz CT molecular complexity index is 450. The van der Waals surface area contributed by atoms with Crippen LogP contribution in [0.1, 0.15) is 10.5 Å². The summed E-state index contributed by atoms with van der Waals surface area (Å²) in [7, 11) is 0. The van der Waals surface area contributed by atoms with Crippen LogP contribution in [0.25, 0.3) is 10.6 Å². The minimum absolute atomic E-state index is 0.414. The predicted molar refractivity (Wildman–Crippen MR) is 60.2 cm³/mol. The van der Waals surface area contributed by atoms with Crippen LogP contribution in [0, 0.1) is 0 Å². The smallest absolute Gasteiger partial charge is 0.170 e. The van der Waals surface area contributed by atoms with Crippen molar-refractivity contribution in [3.05, 3.63) is 36.0 Å². The van der Waals surface area contributed by atoms with Gasteiger partial charge in [0.25, 0.3) is 0 Å². The molecule has 0 bridgehead atoms. The summed E-state index contributed by atoms with van der Waals surface area (Å²) in [4.78, 5) is 14.7. The Labute approximate surface area is 91.0 Å². The number of carbonyl (C=O) groups excluding carboxylic acids is 1. The van der Waals surface area contributed by atoms with E-state index >= 15 is 0 Å². The molecule has 0 N–H and O–H groups in total. The van der Waals surface area contributed by atoms with Gasteiger partial charge in [0.2, 0.25) is 0 Å². The van der Waals surface area contributed by atoms with Crippen LogP contribution in [0.15, 0.2) is 34.5 Å². The van der Waals surface area contributed by atoms with Crippen LogP contribution in [0.3, 0.4) is 0 Å². The molecule has 0 aliphatic rings. The number of aldehydes is 1. The molecule has 0 saturated heterocycles. The van der Waals surface area contributed by atoms with E-state index in [1.54, 1.807) is 0 Å². The average molecular weight is 221 g/mol. The minimum atomic E-state index is 0.414. The molecule has 2 aromatic rings. The summed E-state index contributed by atoms with van der Waals surface area (Å²) >= 11 is 5.59. The Kier molecular flexibility index (Phi) is 2.65. The first kappa shape index (κ1) is 9.43. The van der Waals surface area contributed by atoms with Crippen LogP contribution < -0.4 is 0 Å². The van der Waals surface area contributed by atoms with Gasteiger partial charge in [-0.25, -0.2) is 4.98 Å². The predicted octanol–water partition coefficient (Wildman–Crippen LogP) is 2.91. The van der Waals surface area contributed by atoms with Gasteiger partial charge >= 0.3 is 0 Å². The molecule has 2 rings (SSSR count). The third-order valence-corrected chi connectivity index (χ3v) is 3.19. The highest BCUT2D eigenvalue weighted by Crippen LogP contribution is 2.29. The van der Waals surface area contributed by atoms with Crippen molar-refractivity contribution >= 4 is 30.3 Å². The standard InChI is InChI=1S/C10H7NOS2/c12-6-8-10(13)14-9(11-8)7-4-2-1-3-5-7/h1-6,13H. The van der Waals surface area contributed by atoms with E-state index in [2.05, 4.69) is 17.6 Å². The summed E-state index contributed by atoms with van der Waals surface area (Å²) in [5, 5.41) is 0.831. The van der Waals surface area contributed by atoms with E-state index in [4.69, 9.17) is 0 Å². The Balaban J connectivity index is 2.48. The molecule has 0 fully saturated rings. The van der Waals surface area contributed by atoms with Crippen molar-refractivity contribution in [1.82, 2.24) is 4.98 Å². The first-order valence-electron chi connectivity index (χ1n) is 4.01. The van der Waals surface area contributed by atoms with Gasteiger partial charge in [-0.2, -0.15) is 0 Å². The number of hydrogen-bond acceptors (Lipinski definition) is 4. The Morgan fingerprint density at radius 1 is 1.29 bits per heavy atom. The van der Waals surface area contributed by atoms with Gasteiger partial charge in [0.05, 0.1) is 4.21 Å². The maximum absolute atomic E-state index is 10.6. The quantitative estimate of drug-likeness (QED) is 0.624. The van der Waals surface area contributed by atoms with Gasteiger partial charge in [-0.1, -0.05) is 30.3 Å². The number of carbonyl (C=O) groups is 1. The normalized spacial score (nSPS) is 10.1. The SMILES string of the molecule is O=Cc1nc(-c2ccccc2)sc1S. The maximum atomic E-state index is 10.6. The van der Waals surface area contributed by atoms with Crippen molar-refractivity contribution in [1.29, 1.82) is 0 Å². The van der Waals surface area contributed by atoms with Gasteiger partial charge in [-0.3, -0.25) is 4.79 Å². The molecular formula is C10H7NOS2. The van der Waals surface area contributed by atoms with Crippen molar-refractivity contribution in [3.63, 3.8) is 0 Å². The van der Waals surface area contributed by atoms with Crippen molar-refractivity contribution in [2.24, 2.45) is 0 Å². The summed E-state index contributed by atoms with van der Waals surface area (Å²) in [6, 6.07) is 9.74. The van der Waals surface area contributed by atoms with E-state index < -0.39 is 0 Å². The number of aromatic nitrogens is 1. The van der Waals surface area contributed by atoms with Gasteiger partial charge in [-0.05, 0) is 0 Å². The summed E-state index contributed by atoms with van der Waals surface area (Å²) in [5.74, 6) is 0. The number of hydrogen-bond donors (Lipinski definition) is 1. The van der Waals surface area contributed by atoms with Crippen LogP contribution in [0.5, 0.6) is 0 Å². The Morgan fingerprint density at radius 3 is 2.57 bits per heavy atom. The second-order valence-electron chi connectivity index (χ2n) is 2.69. The lowest BCUT2D eigenvalue weighted by Gasteiger charge is -1.92. The van der Waals surface area contributed by atoms with E-state index in [1.807, 2.05) is 30.3 Å². The monoisotopic (exact) mass is 221 g/mol. The molecule has 0 spiro atoms. The van der Waals surface area contributed by atoms with Gasteiger partial charge in [0, 0.05) is 5.56 Å². The van der Waals surface area contributed by atoms with Crippen molar-refractivity contribution in [2.45, 2.75) is 4.21 Å². The van der Waals surface area contributed by atoms with Crippen molar-refractivity contribution < 1.29 is 4.79 Å². The Morgan fingerprint density at radius 2 is 2.00 bits per heavy atom. The van der Waals surface area contributed by atoms with Gasteiger partial charge < -0.3 is 0 Å². The average Bonchev–Trinajstić information content (AvgIpc) is 2.61. The molecule has 0 aliphatic heterocycles. The van der Waals surface area contributed by atoms with E-state index in [9.17, 15) is 4.79 Å². The van der Waals surface area contributed by atoms with Crippen LogP contribution in [-0.4, -0.2) is 11.3 Å². The molecule has 14 heavy (non-hydrogen) atoms. The largest absolute Gasteiger partial charge is 0.296 e. The maximum Gasteiger partial charge on any atom is 0.170 e. The lowest BCUT2D eigenvalue weighted by molar-refractivity contribution is 0.111. The second-order valence-corrected chi connectivity index (χ2v) is 4.44. The lowest BCUT2D eigenvalue weighted by atomic mass is 10.2. The molecular weight excluding hydrogens is 214 g/mol. The molecule has 0 amide bonds. The molecule has 2 nitrogen and oxygen atoms in total. The van der Waals surface area contributed by atoms with Crippen LogP contribution in [0.2, 0.25) is 0 Å². The number of benzene rings is 1. The molecule has 1 heterocycles. The third-order valence-electron chi connectivity index (χ3n) is 1.77. The Hall–Kier alpha value is -1.13. The van der Waals surface area contributed by atoms with Crippen LogP contribution in [-0.2, 0) is 0 Å². The zero-order valence-corrected chi connectivity index (χ0v) is 8.89. The molecule has 1 aromatic carbocycles. The highest BCUT2D eigenvalue weighted by molar-refractivity contribution is 7.83. The zero-order chi connectivity index (χ0) is 9.97. The fraction of sp³-hybridized carbons (Fsp3) is 0. The van der Waals surface area contributed by atoms with Crippen molar-refractivity contribution in [3.8, 4) is 10.6 Å². The molecule has 4 heteroatoms. The minimum Gasteiger partial charge on any atom is -0.296 e. The molecule has 0 radical (unpaired) electrons. The fourth-order valence-electron chi connectivity index (χ4n) is 1.10. The molecule has 0 aliphatic carbocycles.